The van der Waals surface area contributed by atoms with Crippen LogP contribution in [-0.2, 0) is 14.3 Å². The summed E-state index contributed by atoms with van der Waals surface area (Å²) in [6.07, 6.45) is 0.00137. The van der Waals surface area contributed by atoms with Gasteiger partial charge in [-0.2, -0.15) is 0 Å². The van der Waals surface area contributed by atoms with Crippen molar-refractivity contribution in [3.63, 3.8) is 0 Å². The number of aryl methyl sites for hydroxylation is 2. The molecule has 0 aliphatic carbocycles. The topological polar surface area (TPSA) is 86.5 Å². The Hall–Kier alpha value is -2.17. The van der Waals surface area contributed by atoms with E-state index in [0.29, 0.717) is 5.56 Å². The number of ketones is 1. The van der Waals surface area contributed by atoms with Gasteiger partial charge in [-0.3, -0.25) is 14.4 Å². The summed E-state index contributed by atoms with van der Waals surface area (Å²) >= 11 is 0. The molecule has 0 radical (unpaired) electrons. The molecule has 5 heteroatoms. The Balaban J connectivity index is 2.53. The molecule has 2 N–H and O–H groups in total. The Bertz CT molecular complexity index is 508. The molecule has 0 aliphatic heterocycles. The molecule has 0 saturated heterocycles. The number of nitrogens with two attached hydrogens (primary N) is 1. The lowest BCUT2D eigenvalue weighted by molar-refractivity contribution is -0.147. The average Bonchev–Trinajstić information content (AvgIpc) is 2.36. The molecule has 1 rings (SSSR count). The Morgan fingerprint density at radius 1 is 1.16 bits per heavy atom. The van der Waals surface area contributed by atoms with Gasteiger partial charge in [0.2, 0.25) is 0 Å². The molecule has 1 aromatic carbocycles. The van der Waals surface area contributed by atoms with Crippen molar-refractivity contribution in [2.24, 2.45) is 5.73 Å². The number of benzene rings is 1. The van der Waals surface area contributed by atoms with Crippen LogP contribution >= 0.6 is 0 Å². The average molecular weight is 263 g/mol. The monoisotopic (exact) mass is 263 g/mol. The molecule has 0 aliphatic rings. The van der Waals surface area contributed by atoms with E-state index in [2.05, 4.69) is 4.74 Å². The molecule has 0 heterocycles. The van der Waals surface area contributed by atoms with Gasteiger partial charge in [0, 0.05) is 12.0 Å². The van der Waals surface area contributed by atoms with Crippen LogP contribution in [0.5, 0.6) is 0 Å². The summed E-state index contributed by atoms with van der Waals surface area (Å²) in [6.45, 7) is 3.30. The predicted octanol–water partition coefficient (Wildman–Crippen LogP) is 1.29. The van der Waals surface area contributed by atoms with Crippen molar-refractivity contribution < 1.29 is 19.1 Å². The molecule has 102 valence electrons. The third kappa shape index (κ3) is 4.91. The van der Waals surface area contributed by atoms with Crippen molar-refractivity contribution in [1.82, 2.24) is 0 Å². The van der Waals surface area contributed by atoms with Gasteiger partial charge in [-0.1, -0.05) is 17.7 Å². The van der Waals surface area contributed by atoms with Crippen LogP contribution in [0.15, 0.2) is 18.2 Å². The first-order valence-electron chi connectivity index (χ1n) is 5.94. The number of primary amides is 1. The minimum absolute atomic E-state index is 0.0561. The van der Waals surface area contributed by atoms with E-state index in [4.69, 9.17) is 5.73 Å². The fourth-order valence-corrected chi connectivity index (χ4v) is 1.61. The predicted molar refractivity (Wildman–Crippen MR) is 69.6 cm³/mol. The van der Waals surface area contributed by atoms with Gasteiger partial charge in [-0.05, 0) is 25.5 Å². The maximum absolute atomic E-state index is 12.0. The highest BCUT2D eigenvalue weighted by Crippen LogP contribution is 2.14. The zero-order valence-electron chi connectivity index (χ0n) is 11.1. The molecule has 0 spiro atoms. The number of hydrogen-bond acceptors (Lipinski definition) is 4. The summed E-state index contributed by atoms with van der Waals surface area (Å²) < 4.78 is 4.58. The Morgan fingerprint density at radius 2 is 1.84 bits per heavy atom. The van der Waals surface area contributed by atoms with E-state index >= 15 is 0 Å². The SMILES string of the molecule is Cc1ccc(C)c(C(=O)CCC(=O)OCC(N)=O)c1. The molecule has 0 unspecified atom stereocenters. The van der Waals surface area contributed by atoms with Crippen molar-refractivity contribution in [2.45, 2.75) is 26.7 Å². The lowest BCUT2D eigenvalue weighted by Crippen LogP contribution is -2.21. The minimum Gasteiger partial charge on any atom is -0.456 e. The van der Waals surface area contributed by atoms with Crippen LogP contribution in [0.1, 0.15) is 34.3 Å². The Labute approximate surface area is 111 Å². The number of carbonyl (C=O) groups is 3. The van der Waals surface area contributed by atoms with Crippen LogP contribution < -0.4 is 5.73 Å². The minimum atomic E-state index is -0.714. The normalized spacial score (nSPS) is 10.0. The van der Waals surface area contributed by atoms with Crippen molar-refractivity contribution in [3.05, 3.63) is 34.9 Å². The van der Waals surface area contributed by atoms with Gasteiger partial charge in [0.25, 0.3) is 5.91 Å². The molecule has 0 aromatic heterocycles. The van der Waals surface area contributed by atoms with Crippen molar-refractivity contribution in [3.8, 4) is 0 Å². The zero-order valence-corrected chi connectivity index (χ0v) is 11.1. The highest BCUT2D eigenvalue weighted by molar-refractivity contribution is 5.99. The largest absolute Gasteiger partial charge is 0.456 e. The summed E-state index contributed by atoms with van der Waals surface area (Å²) in [4.78, 5) is 33.6. The van der Waals surface area contributed by atoms with E-state index in [1.54, 1.807) is 6.07 Å². The number of Topliss-reactive ketones (excluding diaryl/α,β-unsaturated/α-hetero) is 1. The molecule has 0 saturated carbocycles. The lowest BCUT2D eigenvalue weighted by Gasteiger charge is -2.06. The van der Waals surface area contributed by atoms with E-state index in [1.807, 2.05) is 26.0 Å². The van der Waals surface area contributed by atoms with Gasteiger partial charge in [0.05, 0.1) is 6.42 Å². The standard InChI is InChI=1S/C14H17NO4/c1-9-3-4-10(2)11(7-9)12(16)5-6-14(18)19-8-13(15)17/h3-4,7H,5-6,8H2,1-2H3,(H2,15,17). The number of esters is 1. The second-order valence-electron chi connectivity index (χ2n) is 4.37. The highest BCUT2D eigenvalue weighted by atomic mass is 16.5. The second kappa shape index (κ2) is 6.68. The first-order valence-corrected chi connectivity index (χ1v) is 5.94. The Kier molecular flexibility index (Phi) is 5.23. The van der Waals surface area contributed by atoms with Gasteiger partial charge in [-0.15, -0.1) is 0 Å². The van der Waals surface area contributed by atoms with Crippen molar-refractivity contribution >= 4 is 17.7 Å². The Morgan fingerprint density at radius 3 is 2.47 bits per heavy atom. The fourth-order valence-electron chi connectivity index (χ4n) is 1.61. The zero-order chi connectivity index (χ0) is 14.4. The third-order valence-corrected chi connectivity index (χ3v) is 2.63. The fraction of sp³-hybridized carbons (Fsp3) is 0.357. The third-order valence-electron chi connectivity index (χ3n) is 2.63. The molecule has 0 fully saturated rings. The van der Waals surface area contributed by atoms with E-state index < -0.39 is 18.5 Å². The van der Waals surface area contributed by atoms with Crippen LogP contribution in [0.3, 0.4) is 0 Å². The number of hydrogen-bond donors (Lipinski definition) is 1. The summed E-state index contributed by atoms with van der Waals surface area (Å²) in [6, 6.07) is 5.59. The van der Waals surface area contributed by atoms with Gasteiger partial charge < -0.3 is 10.5 Å². The summed E-state index contributed by atoms with van der Waals surface area (Å²) in [7, 11) is 0. The van der Waals surface area contributed by atoms with Crippen LogP contribution in [0.2, 0.25) is 0 Å². The molecular formula is C14H17NO4. The number of amides is 1. The summed E-state index contributed by atoms with van der Waals surface area (Å²) in [5, 5.41) is 0. The van der Waals surface area contributed by atoms with Crippen LogP contribution in [-0.4, -0.2) is 24.3 Å². The maximum Gasteiger partial charge on any atom is 0.306 e. The molecule has 5 nitrogen and oxygen atoms in total. The number of ether oxygens (including phenoxy) is 1. The second-order valence-corrected chi connectivity index (χ2v) is 4.37. The van der Waals surface area contributed by atoms with E-state index in [1.165, 1.54) is 0 Å². The van der Waals surface area contributed by atoms with Gasteiger partial charge in [-0.25, -0.2) is 0 Å². The molecule has 0 bridgehead atoms. The molecule has 0 atom stereocenters. The summed E-state index contributed by atoms with van der Waals surface area (Å²) in [5.41, 5.74) is 7.32. The van der Waals surface area contributed by atoms with Crippen LogP contribution in [0.4, 0.5) is 0 Å². The maximum atomic E-state index is 12.0. The van der Waals surface area contributed by atoms with E-state index in [0.717, 1.165) is 11.1 Å². The van der Waals surface area contributed by atoms with Crippen LogP contribution in [0.25, 0.3) is 0 Å². The smallest absolute Gasteiger partial charge is 0.306 e. The van der Waals surface area contributed by atoms with Crippen molar-refractivity contribution in [2.75, 3.05) is 6.61 Å². The summed E-state index contributed by atoms with van der Waals surface area (Å²) in [5.74, 6) is -1.43. The molecular weight excluding hydrogens is 246 g/mol. The first-order chi connectivity index (χ1) is 8.90. The van der Waals surface area contributed by atoms with Gasteiger partial charge in [0.15, 0.2) is 12.4 Å². The first kappa shape index (κ1) is 14.9. The molecule has 19 heavy (non-hydrogen) atoms. The van der Waals surface area contributed by atoms with E-state index in [-0.39, 0.29) is 18.6 Å². The molecule has 1 amide bonds. The van der Waals surface area contributed by atoms with Gasteiger partial charge in [0.1, 0.15) is 0 Å². The van der Waals surface area contributed by atoms with Crippen LogP contribution in [0, 0.1) is 13.8 Å². The highest BCUT2D eigenvalue weighted by Gasteiger charge is 2.13. The van der Waals surface area contributed by atoms with Crippen molar-refractivity contribution in [1.29, 1.82) is 0 Å². The lowest BCUT2D eigenvalue weighted by atomic mass is 9.99. The number of rotatable bonds is 6. The van der Waals surface area contributed by atoms with E-state index in [9.17, 15) is 14.4 Å². The number of carbonyl (C=O) groups excluding carboxylic acids is 3. The quantitative estimate of drug-likeness (QED) is 0.619. The molecule has 1 aromatic rings. The van der Waals surface area contributed by atoms with Gasteiger partial charge >= 0.3 is 5.97 Å².